The summed E-state index contributed by atoms with van der Waals surface area (Å²) in [7, 11) is 1.59. The molecule has 2 N–H and O–H groups in total. The van der Waals surface area contributed by atoms with Crippen LogP contribution < -0.4 is 10.1 Å². The summed E-state index contributed by atoms with van der Waals surface area (Å²) in [6, 6.07) is 6.79. The van der Waals surface area contributed by atoms with Gasteiger partial charge in [0.1, 0.15) is 0 Å². The van der Waals surface area contributed by atoms with Crippen molar-refractivity contribution >= 4 is 0 Å². The van der Waals surface area contributed by atoms with Gasteiger partial charge in [-0.3, -0.25) is 4.90 Å². The van der Waals surface area contributed by atoms with E-state index in [1.54, 1.807) is 13.2 Å². The Balaban J connectivity index is 2.09. The van der Waals surface area contributed by atoms with Crippen LogP contribution in [-0.2, 0) is 6.54 Å². The van der Waals surface area contributed by atoms with Gasteiger partial charge in [0.2, 0.25) is 0 Å². The number of phenols is 1. The van der Waals surface area contributed by atoms with E-state index in [0.29, 0.717) is 17.8 Å². The zero-order valence-corrected chi connectivity index (χ0v) is 12.7. The number of hydrogen-bond donors (Lipinski definition) is 2. The molecular weight excluding hydrogens is 252 g/mol. The van der Waals surface area contributed by atoms with Gasteiger partial charge in [0.15, 0.2) is 11.5 Å². The lowest BCUT2D eigenvalue weighted by Gasteiger charge is -2.40. The van der Waals surface area contributed by atoms with Gasteiger partial charge in [-0.1, -0.05) is 19.9 Å². The van der Waals surface area contributed by atoms with Crippen molar-refractivity contribution in [3.8, 4) is 11.5 Å². The molecule has 1 aromatic rings. The van der Waals surface area contributed by atoms with Crippen LogP contribution in [0, 0.1) is 0 Å². The molecule has 2 unspecified atom stereocenters. The second-order valence-electron chi connectivity index (χ2n) is 5.51. The third-order valence-electron chi connectivity index (χ3n) is 4.21. The Morgan fingerprint density at radius 3 is 2.80 bits per heavy atom. The minimum atomic E-state index is 0.204. The number of nitrogens with zero attached hydrogens (tertiary/aromatic N) is 1. The molecule has 1 heterocycles. The average molecular weight is 278 g/mol. The summed E-state index contributed by atoms with van der Waals surface area (Å²) in [6.45, 7) is 7.52. The van der Waals surface area contributed by atoms with E-state index in [0.717, 1.165) is 32.5 Å². The molecule has 112 valence electrons. The standard InChI is InChI=1S/C16H26N2O2/c1-4-13-11-18(14(5-2)9-17-13)10-12-6-7-15(19)16(8-12)20-3/h6-8,13-14,17,19H,4-5,9-11H2,1-3H3. The van der Waals surface area contributed by atoms with Crippen LogP contribution >= 0.6 is 0 Å². The minimum absolute atomic E-state index is 0.204. The molecule has 0 amide bonds. The van der Waals surface area contributed by atoms with Crippen molar-refractivity contribution in [2.45, 2.75) is 45.3 Å². The second-order valence-corrected chi connectivity index (χ2v) is 5.51. The van der Waals surface area contributed by atoms with Crippen LogP contribution in [0.15, 0.2) is 18.2 Å². The maximum Gasteiger partial charge on any atom is 0.160 e. The molecule has 1 fully saturated rings. The zero-order valence-electron chi connectivity index (χ0n) is 12.7. The predicted octanol–water partition coefficient (Wildman–Crippen LogP) is 2.36. The zero-order chi connectivity index (χ0) is 14.5. The fourth-order valence-corrected chi connectivity index (χ4v) is 2.85. The van der Waals surface area contributed by atoms with Gasteiger partial charge in [-0.2, -0.15) is 0 Å². The molecule has 4 nitrogen and oxygen atoms in total. The van der Waals surface area contributed by atoms with Gasteiger partial charge in [-0.05, 0) is 30.5 Å². The third kappa shape index (κ3) is 3.44. The van der Waals surface area contributed by atoms with Crippen LogP contribution in [0.1, 0.15) is 32.3 Å². The van der Waals surface area contributed by atoms with E-state index >= 15 is 0 Å². The summed E-state index contributed by atoms with van der Waals surface area (Å²) in [4.78, 5) is 2.54. The monoisotopic (exact) mass is 278 g/mol. The Kier molecular flexibility index (Phi) is 5.26. The summed E-state index contributed by atoms with van der Waals surface area (Å²) < 4.78 is 5.19. The Bertz CT molecular complexity index is 436. The largest absolute Gasteiger partial charge is 0.504 e. The van der Waals surface area contributed by atoms with Crippen molar-refractivity contribution in [1.82, 2.24) is 10.2 Å². The molecule has 4 heteroatoms. The van der Waals surface area contributed by atoms with Crippen LogP contribution in [-0.4, -0.2) is 42.3 Å². The van der Waals surface area contributed by atoms with Crippen molar-refractivity contribution < 1.29 is 9.84 Å². The van der Waals surface area contributed by atoms with E-state index in [4.69, 9.17) is 4.74 Å². The van der Waals surface area contributed by atoms with Gasteiger partial charge in [0.25, 0.3) is 0 Å². The molecule has 0 radical (unpaired) electrons. The number of nitrogens with one attached hydrogen (secondary N) is 1. The summed E-state index contributed by atoms with van der Waals surface area (Å²) in [6.07, 6.45) is 2.31. The first-order valence-electron chi connectivity index (χ1n) is 7.51. The van der Waals surface area contributed by atoms with Gasteiger partial charge in [-0.15, -0.1) is 0 Å². The van der Waals surface area contributed by atoms with Crippen molar-refractivity contribution in [3.63, 3.8) is 0 Å². The number of aromatic hydroxyl groups is 1. The Morgan fingerprint density at radius 1 is 1.35 bits per heavy atom. The third-order valence-corrected chi connectivity index (χ3v) is 4.21. The lowest BCUT2D eigenvalue weighted by atomic mass is 10.0. The molecule has 1 aliphatic rings. The number of methoxy groups -OCH3 is 1. The second kappa shape index (κ2) is 6.95. The van der Waals surface area contributed by atoms with Crippen LogP contribution in [0.25, 0.3) is 0 Å². The highest BCUT2D eigenvalue weighted by Gasteiger charge is 2.25. The minimum Gasteiger partial charge on any atom is -0.504 e. The predicted molar refractivity (Wildman–Crippen MR) is 81.2 cm³/mol. The molecule has 20 heavy (non-hydrogen) atoms. The summed E-state index contributed by atoms with van der Waals surface area (Å²) >= 11 is 0. The molecule has 1 saturated heterocycles. The van der Waals surface area contributed by atoms with Gasteiger partial charge in [-0.25, -0.2) is 0 Å². The van der Waals surface area contributed by atoms with E-state index in [9.17, 15) is 5.11 Å². The highest BCUT2D eigenvalue weighted by Crippen LogP contribution is 2.27. The maximum atomic E-state index is 9.67. The number of phenolic OH excluding ortho intramolecular Hbond substituents is 1. The lowest BCUT2D eigenvalue weighted by molar-refractivity contribution is 0.117. The lowest BCUT2D eigenvalue weighted by Crippen LogP contribution is -2.55. The normalized spacial score (nSPS) is 23.8. The van der Waals surface area contributed by atoms with Crippen molar-refractivity contribution in [1.29, 1.82) is 0 Å². The van der Waals surface area contributed by atoms with Gasteiger partial charge in [0, 0.05) is 31.7 Å². The van der Waals surface area contributed by atoms with Crippen molar-refractivity contribution in [2.75, 3.05) is 20.2 Å². The fraction of sp³-hybridized carbons (Fsp3) is 0.625. The Morgan fingerprint density at radius 2 is 2.15 bits per heavy atom. The molecule has 0 spiro atoms. The first-order chi connectivity index (χ1) is 9.67. The number of benzene rings is 1. The first-order valence-corrected chi connectivity index (χ1v) is 7.51. The van der Waals surface area contributed by atoms with Crippen LogP contribution in [0.5, 0.6) is 11.5 Å². The highest BCUT2D eigenvalue weighted by molar-refractivity contribution is 5.41. The summed E-state index contributed by atoms with van der Waals surface area (Å²) in [5.74, 6) is 0.757. The fourth-order valence-electron chi connectivity index (χ4n) is 2.85. The van der Waals surface area contributed by atoms with Crippen molar-refractivity contribution in [3.05, 3.63) is 23.8 Å². The average Bonchev–Trinajstić information content (AvgIpc) is 2.49. The van der Waals surface area contributed by atoms with Crippen LogP contribution in [0.2, 0.25) is 0 Å². The topological polar surface area (TPSA) is 44.7 Å². The molecule has 1 aromatic carbocycles. The van der Waals surface area contributed by atoms with E-state index in [1.165, 1.54) is 5.56 Å². The van der Waals surface area contributed by atoms with Crippen molar-refractivity contribution in [2.24, 2.45) is 0 Å². The number of hydrogen-bond acceptors (Lipinski definition) is 4. The summed E-state index contributed by atoms with van der Waals surface area (Å²) in [5, 5.41) is 13.3. The number of piperazine rings is 1. The number of rotatable bonds is 5. The summed E-state index contributed by atoms with van der Waals surface area (Å²) in [5.41, 5.74) is 1.19. The van der Waals surface area contributed by atoms with Gasteiger partial charge < -0.3 is 15.2 Å². The molecule has 0 aliphatic carbocycles. The maximum absolute atomic E-state index is 9.67. The molecule has 0 bridgehead atoms. The van der Waals surface area contributed by atoms with Gasteiger partial charge >= 0.3 is 0 Å². The molecule has 2 atom stereocenters. The first kappa shape index (κ1) is 15.1. The number of ether oxygens (including phenoxy) is 1. The van der Waals surface area contributed by atoms with Gasteiger partial charge in [0.05, 0.1) is 7.11 Å². The molecule has 2 rings (SSSR count). The van der Waals surface area contributed by atoms with E-state index in [2.05, 4.69) is 24.1 Å². The molecule has 0 saturated carbocycles. The molecule has 1 aliphatic heterocycles. The molecular formula is C16H26N2O2. The van der Waals surface area contributed by atoms with E-state index in [-0.39, 0.29) is 5.75 Å². The Labute approximate surface area is 121 Å². The van der Waals surface area contributed by atoms with E-state index < -0.39 is 0 Å². The Hall–Kier alpha value is -1.26. The highest BCUT2D eigenvalue weighted by atomic mass is 16.5. The SMILES string of the molecule is CCC1CN(Cc2ccc(O)c(OC)c2)C(CC)CN1. The smallest absolute Gasteiger partial charge is 0.160 e. The van der Waals surface area contributed by atoms with E-state index in [1.807, 2.05) is 12.1 Å². The quantitative estimate of drug-likeness (QED) is 0.868. The van der Waals surface area contributed by atoms with Crippen LogP contribution in [0.3, 0.4) is 0 Å². The molecule has 0 aromatic heterocycles. The van der Waals surface area contributed by atoms with Crippen LogP contribution in [0.4, 0.5) is 0 Å².